The van der Waals surface area contributed by atoms with Gasteiger partial charge in [0, 0.05) is 42.5 Å². The van der Waals surface area contributed by atoms with E-state index in [1.807, 2.05) is 91.0 Å². The van der Waals surface area contributed by atoms with Crippen molar-refractivity contribution in [3.8, 4) is 0 Å². The number of anilines is 2. The number of nitrogens with zero attached hydrogens (tertiary/aromatic N) is 4. The van der Waals surface area contributed by atoms with Crippen molar-refractivity contribution in [1.82, 2.24) is 20.2 Å². The number of carbonyl (C=O) groups is 2. The Morgan fingerprint density at radius 1 is 0.923 bits per heavy atom. The lowest BCUT2D eigenvalue weighted by Gasteiger charge is -2.46. The first-order valence-electron chi connectivity index (χ1n) is 17.9. The summed E-state index contributed by atoms with van der Waals surface area (Å²) in [7, 11) is 0. The Morgan fingerprint density at radius 2 is 1.67 bits per heavy atom. The third-order valence-electron chi connectivity index (χ3n) is 10.7. The molecule has 0 saturated carbocycles. The molecule has 0 aliphatic carbocycles. The molecule has 11 heteroatoms. The Hall–Kier alpha value is -5.20. The minimum atomic E-state index is -0.702. The minimum absolute atomic E-state index is 0.00271. The molecule has 52 heavy (non-hydrogen) atoms. The van der Waals surface area contributed by atoms with Gasteiger partial charge in [-0.1, -0.05) is 73.7 Å². The molecule has 0 bridgehead atoms. The van der Waals surface area contributed by atoms with Crippen LogP contribution in [0.1, 0.15) is 59.3 Å². The summed E-state index contributed by atoms with van der Waals surface area (Å²) in [5.41, 5.74) is 5.27. The number of aliphatic hydroxyl groups is 1. The van der Waals surface area contributed by atoms with E-state index in [0.29, 0.717) is 37.3 Å². The highest BCUT2D eigenvalue weighted by Crippen LogP contribution is 2.43. The smallest absolute Gasteiger partial charge is 0.275 e. The van der Waals surface area contributed by atoms with Crippen LogP contribution in [0.15, 0.2) is 109 Å². The number of ether oxygens (including phenoxy) is 2. The minimum Gasteiger partial charge on any atom is -0.392 e. The summed E-state index contributed by atoms with van der Waals surface area (Å²) >= 11 is 0. The van der Waals surface area contributed by atoms with Gasteiger partial charge in [0.05, 0.1) is 42.7 Å². The van der Waals surface area contributed by atoms with E-state index in [9.17, 15) is 14.7 Å². The second kappa shape index (κ2) is 14.4. The second-order valence-electron chi connectivity index (χ2n) is 13.9. The maximum atomic E-state index is 13.3. The number of piperidine rings is 1. The highest BCUT2D eigenvalue weighted by Gasteiger charge is 2.51. The zero-order chi connectivity index (χ0) is 35.7. The molecule has 2 amide bonds. The lowest BCUT2D eigenvalue weighted by Crippen LogP contribution is -2.57. The topological polar surface area (TPSA) is 129 Å². The fourth-order valence-electron chi connectivity index (χ4n) is 7.75. The Bertz CT molecular complexity index is 2050. The lowest BCUT2D eigenvalue weighted by atomic mass is 9.84. The van der Waals surface area contributed by atoms with Crippen LogP contribution in [0.4, 0.5) is 11.4 Å². The molecule has 4 atom stereocenters. The van der Waals surface area contributed by atoms with E-state index in [2.05, 4.69) is 49.5 Å². The quantitative estimate of drug-likeness (QED) is 0.190. The van der Waals surface area contributed by atoms with E-state index in [1.54, 1.807) is 0 Å². The van der Waals surface area contributed by atoms with E-state index in [1.165, 1.54) is 6.20 Å². The van der Waals surface area contributed by atoms with Gasteiger partial charge in [-0.3, -0.25) is 14.6 Å². The molecule has 1 aromatic heterocycles. The van der Waals surface area contributed by atoms with Gasteiger partial charge in [-0.2, -0.15) is 0 Å². The zero-order valence-corrected chi connectivity index (χ0v) is 29.0. The molecule has 0 unspecified atom stereocenters. The number of para-hydroxylation sites is 3. The van der Waals surface area contributed by atoms with E-state index in [4.69, 9.17) is 9.47 Å². The number of likely N-dealkylation sites (tertiary alicyclic amines) is 1. The monoisotopic (exact) mass is 698 g/mol. The first-order chi connectivity index (χ1) is 25.4. The molecule has 3 aliphatic heterocycles. The van der Waals surface area contributed by atoms with Gasteiger partial charge in [0.2, 0.25) is 5.91 Å². The van der Waals surface area contributed by atoms with Crippen LogP contribution in [0.5, 0.6) is 0 Å². The fourth-order valence-corrected chi connectivity index (χ4v) is 7.75. The molecule has 3 N–H and O–H groups in total. The van der Waals surface area contributed by atoms with E-state index < -0.39 is 11.8 Å². The predicted molar refractivity (Wildman–Crippen MR) is 197 cm³/mol. The van der Waals surface area contributed by atoms with E-state index in [0.717, 1.165) is 41.0 Å². The Morgan fingerprint density at radius 3 is 2.44 bits per heavy atom. The van der Waals surface area contributed by atoms with Gasteiger partial charge >= 0.3 is 0 Å². The largest absolute Gasteiger partial charge is 0.392 e. The summed E-state index contributed by atoms with van der Waals surface area (Å²) in [4.78, 5) is 40.0. The number of aromatic nitrogens is 2. The Kier molecular flexibility index (Phi) is 9.42. The zero-order valence-electron chi connectivity index (χ0n) is 29.0. The van der Waals surface area contributed by atoms with Gasteiger partial charge in [-0.15, -0.1) is 0 Å². The van der Waals surface area contributed by atoms with Gasteiger partial charge in [-0.05, 0) is 60.4 Å². The predicted octanol–water partition coefficient (Wildman–Crippen LogP) is 5.59. The van der Waals surface area contributed by atoms with Crippen LogP contribution in [-0.4, -0.2) is 69.7 Å². The molecule has 4 heterocycles. The molecule has 3 aliphatic rings. The van der Waals surface area contributed by atoms with Crippen molar-refractivity contribution < 1.29 is 24.2 Å². The summed E-state index contributed by atoms with van der Waals surface area (Å²) in [6, 6.07) is 33.0. The maximum absolute atomic E-state index is 13.3. The summed E-state index contributed by atoms with van der Waals surface area (Å²) in [5, 5.41) is 15.7. The number of aliphatic hydroxyl groups excluding tert-OH is 1. The van der Waals surface area contributed by atoms with Crippen molar-refractivity contribution in [1.29, 1.82) is 0 Å². The fraction of sp³-hybridized carbons (Fsp3) is 0.317. The lowest BCUT2D eigenvalue weighted by molar-refractivity contribution is -0.276. The molecule has 266 valence electrons. The summed E-state index contributed by atoms with van der Waals surface area (Å²) < 4.78 is 13.5. The van der Waals surface area contributed by atoms with Crippen molar-refractivity contribution in [2.24, 2.45) is 5.92 Å². The number of rotatable bonds is 8. The third-order valence-corrected chi connectivity index (χ3v) is 10.7. The Labute approximate surface area is 302 Å². The first kappa shape index (κ1) is 33.9. The maximum Gasteiger partial charge on any atom is 0.275 e. The molecule has 1 spiro atoms. The molecule has 8 rings (SSSR count). The average Bonchev–Trinajstić information content (AvgIpc) is 3.50. The van der Waals surface area contributed by atoms with Crippen LogP contribution in [0.3, 0.4) is 0 Å². The van der Waals surface area contributed by atoms with Gasteiger partial charge in [0.25, 0.3) is 5.91 Å². The molecular weight excluding hydrogens is 656 g/mol. The molecule has 3 saturated heterocycles. The van der Waals surface area contributed by atoms with Crippen molar-refractivity contribution in [2.75, 3.05) is 36.5 Å². The van der Waals surface area contributed by atoms with Crippen molar-refractivity contribution in [2.45, 2.75) is 50.4 Å². The van der Waals surface area contributed by atoms with Gasteiger partial charge < -0.3 is 35.0 Å². The number of hydrogen-bond acceptors (Lipinski definition) is 9. The first-order valence-corrected chi connectivity index (χ1v) is 17.9. The van der Waals surface area contributed by atoms with Crippen LogP contribution in [0.25, 0.3) is 11.0 Å². The van der Waals surface area contributed by atoms with E-state index >= 15 is 0 Å². The molecule has 11 nitrogen and oxygen atoms in total. The van der Waals surface area contributed by atoms with E-state index in [-0.39, 0.29) is 42.2 Å². The summed E-state index contributed by atoms with van der Waals surface area (Å²) in [5.74, 6) is -0.270. The van der Waals surface area contributed by atoms with Crippen molar-refractivity contribution >= 4 is 34.2 Å². The molecule has 0 radical (unpaired) electrons. The molecular formula is C41H42N6O5. The summed E-state index contributed by atoms with van der Waals surface area (Å²) in [6.45, 7) is 4.81. The van der Waals surface area contributed by atoms with Gasteiger partial charge in [0.1, 0.15) is 11.2 Å². The van der Waals surface area contributed by atoms with Gasteiger partial charge in [-0.25, -0.2) is 4.98 Å². The number of benzene rings is 4. The number of nitrogens with one attached hydrogen (secondary N) is 2. The average molecular weight is 699 g/mol. The third kappa shape index (κ3) is 6.64. The highest BCUT2D eigenvalue weighted by molar-refractivity contribution is 6.03. The number of carbonyl (C=O) groups excluding carboxylic acids is 2. The normalized spacial score (nSPS) is 23.1. The van der Waals surface area contributed by atoms with Crippen LogP contribution in [-0.2, 0) is 20.9 Å². The standard InChI is InChI=1S/C41H42N6O5/c1-27-36(24-46-20-18-41(19-21-46)40(50)43-26-47(41)32-10-3-2-4-11-32)51-39(52-37(27)29-16-14-28(25-48)15-17-29)30-8-7-9-31(22-30)44-38(49)35-23-42-33-12-5-6-13-34(33)45-35/h2-17,22-23,27,36-37,39,48H,18-21,24-26H2,1H3,(H,43,50)(H,44,49)/t27-,36+,37+,39+/m1/s1. The van der Waals surface area contributed by atoms with Gasteiger partial charge in [0.15, 0.2) is 6.29 Å². The van der Waals surface area contributed by atoms with Crippen LogP contribution in [0, 0.1) is 5.92 Å². The Balaban J connectivity index is 1.01. The number of hydrogen-bond donors (Lipinski definition) is 3. The SMILES string of the molecule is C[C@@H]1[C@H](CN2CCC3(CC2)C(=O)NCN3c2ccccc2)O[C@H](c2cccc(NC(=O)c3cnc4ccccc4n3)c2)O[C@@H]1c1ccc(CO)cc1. The van der Waals surface area contributed by atoms with Crippen LogP contribution >= 0.6 is 0 Å². The highest BCUT2D eigenvalue weighted by atomic mass is 16.7. The van der Waals surface area contributed by atoms with Crippen molar-refractivity contribution in [3.05, 3.63) is 132 Å². The molecule has 3 fully saturated rings. The second-order valence-corrected chi connectivity index (χ2v) is 13.9. The summed E-state index contributed by atoms with van der Waals surface area (Å²) in [6.07, 6.45) is 1.73. The molecule has 4 aromatic carbocycles. The number of fused-ring (bicyclic) bond motifs is 1. The number of amides is 2. The van der Waals surface area contributed by atoms with Crippen LogP contribution in [0.2, 0.25) is 0 Å². The van der Waals surface area contributed by atoms with Crippen LogP contribution < -0.4 is 15.5 Å². The molecule has 5 aromatic rings. The van der Waals surface area contributed by atoms with Crippen molar-refractivity contribution in [3.63, 3.8) is 0 Å².